The largest absolute Gasteiger partial charge is 0.550 e. The lowest BCUT2D eigenvalue weighted by atomic mass is 10.0. The summed E-state index contributed by atoms with van der Waals surface area (Å²) in [6.45, 7) is 3.88. The molecule has 0 saturated carbocycles. The van der Waals surface area contributed by atoms with Crippen LogP contribution in [0.25, 0.3) is 17.0 Å². The lowest BCUT2D eigenvalue weighted by molar-refractivity contribution is -0.304. The van der Waals surface area contributed by atoms with Crippen LogP contribution in [0.2, 0.25) is 0 Å². The third-order valence-electron chi connectivity index (χ3n) is 4.42. The Morgan fingerprint density at radius 2 is 1.85 bits per heavy atom. The van der Waals surface area contributed by atoms with E-state index < -0.39 is 18.0 Å². The Morgan fingerprint density at radius 3 is 2.56 bits per heavy atom. The lowest BCUT2D eigenvalue weighted by Gasteiger charge is -2.12. The first kappa shape index (κ1) is 18.5. The van der Waals surface area contributed by atoms with E-state index in [0.717, 1.165) is 5.56 Å². The third-order valence-corrected chi connectivity index (χ3v) is 4.42. The first-order valence-electron chi connectivity index (χ1n) is 8.57. The molecule has 0 bridgehead atoms. The zero-order valence-corrected chi connectivity index (χ0v) is 15.2. The number of hydrogen-bond donors (Lipinski definition) is 0. The lowest BCUT2D eigenvalue weighted by Crippen LogP contribution is -2.27. The molecule has 0 aliphatic heterocycles. The summed E-state index contributed by atoms with van der Waals surface area (Å²) >= 11 is 0. The van der Waals surface area contributed by atoms with Crippen molar-refractivity contribution >= 4 is 23.0 Å². The van der Waals surface area contributed by atoms with E-state index in [-0.39, 0.29) is 5.56 Å². The normalized spacial score (nSPS) is 11.2. The molecule has 0 fully saturated rings. The van der Waals surface area contributed by atoms with Crippen molar-refractivity contribution in [2.75, 3.05) is 6.61 Å². The Labute approximate surface area is 156 Å². The fourth-order valence-electron chi connectivity index (χ4n) is 2.96. The molecule has 1 heterocycles. The monoisotopic (exact) mass is 363 g/mol. The molecule has 3 aromatic rings. The number of hydrogen-bond acceptors (Lipinski definition) is 5. The Balaban J connectivity index is 1.86. The van der Waals surface area contributed by atoms with Crippen LogP contribution in [0.1, 0.15) is 22.3 Å². The predicted molar refractivity (Wildman–Crippen MR) is 102 cm³/mol. The topological polar surface area (TPSA) is 79.6 Å². The van der Waals surface area contributed by atoms with Gasteiger partial charge in [0.25, 0.3) is 0 Å². The maximum absolute atomic E-state index is 12.2. The van der Waals surface area contributed by atoms with Gasteiger partial charge >= 0.3 is 5.63 Å². The van der Waals surface area contributed by atoms with Crippen LogP contribution in [0.3, 0.4) is 0 Å². The second kappa shape index (κ2) is 7.91. The van der Waals surface area contributed by atoms with Crippen molar-refractivity contribution in [3.05, 3.63) is 81.2 Å². The van der Waals surface area contributed by atoms with Crippen LogP contribution >= 0.6 is 0 Å². The number of carboxylic acids is 1. The summed E-state index contributed by atoms with van der Waals surface area (Å²) in [7, 11) is 0. The van der Waals surface area contributed by atoms with Gasteiger partial charge in [-0.3, -0.25) is 0 Å². The standard InChI is InChI=1S/C22H20O5/c1-14-17-10-11-19(26-12-6-9-16-7-4-3-5-8-16)15(2)21(17)27-22(25)18(14)13-20(23)24/h3-11H,12-13H2,1-2H3,(H,23,24)/p-1/b9-6+. The summed E-state index contributed by atoms with van der Waals surface area (Å²) in [5.41, 5.74) is 2.22. The molecule has 5 heteroatoms. The van der Waals surface area contributed by atoms with E-state index >= 15 is 0 Å². The van der Waals surface area contributed by atoms with E-state index in [1.54, 1.807) is 26.0 Å². The number of carbonyl (C=O) groups is 1. The summed E-state index contributed by atoms with van der Waals surface area (Å²) in [5, 5.41) is 11.6. The van der Waals surface area contributed by atoms with Gasteiger partial charge in [0.15, 0.2) is 0 Å². The van der Waals surface area contributed by atoms with Gasteiger partial charge in [0.05, 0.1) is 0 Å². The van der Waals surface area contributed by atoms with Gasteiger partial charge in [0.1, 0.15) is 17.9 Å². The summed E-state index contributed by atoms with van der Waals surface area (Å²) in [6, 6.07) is 13.5. The molecule has 5 nitrogen and oxygen atoms in total. The second-order valence-corrected chi connectivity index (χ2v) is 6.23. The zero-order chi connectivity index (χ0) is 19.4. The minimum atomic E-state index is -1.31. The maximum Gasteiger partial charge on any atom is 0.340 e. The molecule has 1 aromatic heterocycles. The first-order valence-corrected chi connectivity index (χ1v) is 8.57. The molecule has 0 aliphatic carbocycles. The highest BCUT2D eigenvalue weighted by atomic mass is 16.5. The van der Waals surface area contributed by atoms with Crippen LogP contribution in [0, 0.1) is 13.8 Å². The van der Waals surface area contributed by atoms with Crippen LogP contribution in [-0.4, -0.2) is 12.6 Å². The number of benzene rings is 2. The summed E-state index contributed by atoms with van der Waals surface area (Å²) in [4.78, 5) is 23.0. The van der Waals surface area contributed by atoms with Gasteiger partial charge in [-0.25, -0.2) is 4.79 Å². The fraction of sp³-hybridized carbons (Fsp3) is 0.182. The van der Waals surface area contributed by atoms with Crippen LogP contribution in [0.4, 0.5) is 0 Å². The van der Waals surface area contributed by atoms with E-state index in [2.05, 4.69) is 0 Å². The molecule has 0 atom stereocenters. The number of carbonyl (C=O) groups excluding carboxylic acids is 1. The van der Waals surface area contributed by atoms with Crippen molar-refractivity contribution in [3.8, 4) is 5.75 Å². The minimum absolute atomic E-state index is 0.112. The molecule has 0 aliphatic rings. The van der Waals surface area contributed by atoms with Gasteiger partial charge in [0, 0.05) is 28.9 Å². The molecule has 27 heavy (non-hydrogen) atoms. The molecule has 3 rings (SSSR count). The third kappa shape index (κ3) is 4.08. The van der Waals surface area contributed by atoms with E-state index in [9.17, 15) is 14.7 Å². The van der Waals surface area contributed by atoms with Crippen LogP contribution < -0.4 is 15.5 Å². The molecular weight excluding hydrogens is 344 g/mol. The van der Waals surface area contributed by atoms with Gasteiger partial charge in [-0.15, -0.1) is 0 Å². The molecule has 0 amide bonds. The van der Waals surface area contributed by atoms with Crippen molar-refractivity contribution < 1.29 is 19.1 Å². The number of aryl methyl sites for hydroxylation is 2. The smallest absolute Gasteiger partial charge is 0.340 e. The molecule has 0 radical (unpaired) electrons. The highest BCUT2D eigenvalue weighted by Crippen LogP contribution is 2.29. The van der Waals surface area contributed by atoms with Crippen molar-refractivity contribution in [1.82, 2.24) is 0 Å². The quantitative estimate of drug-likeness (QED) is 0.629. The SMILES string of the molecule is Cc1c(CC(=O)[O-])c(=O)oc2c(C)c(OC/C=C/c3ccccc3)ccc12. The molecule has 0 spiro atoms. The predicted octanol–water partition coefficient (Wildman–Crippen LogP) is 2.79. The Kier molecular flexibility index (Phi) is 5.41. The number of fused-ring (bicyclic) bond motifs is 1. The highest BCUT2D eigenvalue weighted by Gasteiger charge is 2.15. The van der Waals surface area contributed by atoms with Gasteiger partial charge < -0.3 is 19.1 Å². The van der Waals surface area contributed by atoms with E-state index in [1.165, 1.54) is 0 Å². The van der Waals surface area contributed by atoms with Gasteiger partial charge in [-0.1, -0.05) is 36.4 Å². The van der Waals surface area contributed by atoms with E-state index in [4.69, 9.17) is 9.15 Å². The molecule has 0 N–H and O–H groups in total. The van der Waals surface area contributed by atoms with Crippen LogP contribution in [0.15, 0.2) is 57.8 Å². The van der Waals surface area contributed by atoms with Gasteiger partial charge in [0.2, 0.25) is 0 Å². The number of ether oxygens (including phenoxy) is 1. The summed E-state index contributed by atoms with van der Waals surface area (Å²) in [6.07, 6.45) is 3.40. The number of carboxylic acid groups (broad SMARTS) is 1. The number of rotatable bonds is 6. The highest BCUT2D eigenvalue weighted by molar-refractivity contribution is 5.86. The second-order valence-electron chi connectivity index (χ2n) is 6.23. The Bertz CT molecular complexity index is 1060. The average Bonchev–Trinajstić information content (AvgIpc) is 2.65. The van der Waals surface area contributed by atoms with Crippen molar-refractivity contribution in [3.63, 3.8) is 0 Å². The molecule has 2 aromatic carbocycles. The molecule has 138 valence electrons. The molecule has 0 saturated heterocycles. The Hall–Kier alpha value is -3.34. The average molecular weight is 363 g/mol. The van der Waals surface area contributed by atoms with E-state index in [0.29, 0.717) is 34.5 Å². The zero-order valence-electron chi connectivity index (χ0n) is 15.2. The van der Waals surface area contributed by atoms with Crippen molar-refractivity contribution in [1.29, 1.82) is 0 Å². The summed E-state index contributed by atoms with van der Waals surface area (Å²) < 4.78 is 11.2. The van der Waals surface area contributed by atoms with Crippen molar-refractivity contribution in [2.45, 2.75) is 20.3 Å². The summed E-state index contributed by atoms with van der Waals surface area (Å²) in [5.74, 6) is -0.706. The fourth-order valence-corrected chi connectivity index (χ4v) is 2.96. The van der Waals surface area contributed by atoms with E-state index in [1.807, 2.05) is 42.5 Å². The van der Waals surface area contributed by atoms with Crippen LogP contribution in [0.5, 0.6) is 5.75 Å². The van der Waals surface area contributed by atoms with Gasteiger partial charge in [-0.05, 0) is 43.2 Å². The Morgan fingerprint density at radius 1 is 1.11 bits per heavy atom. The van der Waals surface area contributed by atoms with Gasteiger partial charge in [-0.2, -0.15) is 0 Å². The van der Waals surface area contributed by atoms with Crippen molar-refractivity contribution in [2.24, 2.45) is 0 Å². The molecule has 0 unspecified atom stereocenters. The minimum Gasteiger partial charge on any atom is -0.550 e. The first-order chi connectivity index (χ1) is 13.0. The molecular formula is C22H19O5-. The van der Waals surface area contributed by atoms with Crippen LogP contribution in [-0.2, 0) is 11.2 Å². The number of aliphatic carboxylic acids is 1. The maximum atomic E-state index is 12.2.